The standard InChI is InChI=1S/C10H11ClN4O3S/c1-2-5-15-9(7-6-12-4-3-8(7)16)13-14-10(15)19(11,17)18/h3-4,6H,2,5H2,1H3,(H,12,16). The van der Waals surface area contributed by atoms with Gasteiger partial charge in [-0.2, -0.15) is 0 Å². The van der Waals surface area contributed by atoms with Crippen LogP contribution in [0, 0.1) is 0 Å². The molecule has 0 aliphatic carbocycles. The van der Waals surface area contributed by atoms with E-state index >= 15 is 0 Å². The van der Waals surface area contributed by atoms with E-state index in [2.05, 4.69) is 15.2 Å². The second-order valence-corrected chi connectivity index (χ2v) is 6.28. The maximum atomic E-state index is 11.8. The summed E-state index contributed by atoms with van der Waals surface area (Å²) in [7, 11) is 1.30. The molecule has 2 rings (SSSR count). The van der Waals surface area contributed by atoms with Crippen molar-refractivity contribution in [2.45, 2.75) is 25.0 Å². The van der Waals surface area contributed by atoms with Crippen molar-refractivity contribution >= 4 is 19.7 Å². The van der Waals surface area contributed by atoms with Gasteiger partial charge in [-0.3, -0.25) is 9.36 Å². The van der Waals surface area contributed by atoms with Gasteiger partial charge in [0.25, 0.3) is 14.2 Å². The van der Waals surface area contributed by atoms with Crippen LogP contribution in [0.5, 0.6) is 0 Å². The van der Waals surface area contributed by atoms with Crippen molar-refractivity contribution in [2.24, 2.45) is 0 Å². The summed E-state index contributed by atoms with van der Waals surface area (Å²) in [6.45, 7) is 2.21. The SMILES string of the molecule is CCCn1c(-c2c[nH]ccc2=O)nnc1S(=O)(=O)Cl. The highest BCUT2D eigenvalue weighted by Crippen LogP contribution is 2.20. The van der Waals surface area contributed by atoms with Gasteiger partial charge in [0.2, 0.25) is 0 Å². The van der Waals surface area contributed by atoms with E-state index in [1.165, 1.54) is 23.0 Å². The lowest BCUT2D eigenvalue weighted by molar-refractivity contribution is 0.570. The molecule has 2 aromatic rings. The van der Waals surface area contributed by atoms with E-state index in [0.29, 0.717) is 13.0 Å². The lowest BCUT2D eigenvalue weighted by atomic mass is 10.2. The largest absolute Gasteiger partial charge is 0.367 e. The Morgan fingerprint density at radius 3 is 2.74 bits per heavy atom. The summed E-state index contributed by atoms with van der Waals surface area (Å²) in [4.78, 5) is 14.5. The van der Waals surface area contributed by atoms with E-state index in [4.69, 9.17) is 10.7 Å². The van der Waals surface area contributed by atoms with Gasteiger partial charge in [-0.25, -0.2) is 8.42 Å². The van der Waals surface area contributed by atoms with E-state index in [0.717, 1.165) is 0 Å². The third-order valence-electron chi connectivity index (χ3n) is 2.45. The van der Waals surface area contributed by atoms with Crippen LogP contribution in [0.25, 0.3) is 11.4 Å². The first-order valence-electron chi connectivity index (χ1n) is 5.50. The predicted octanol–water partition coefficient (Wildman–Crippen LogP) is 0.971. The molecule has 0 saturated carbocycles. The number of halogens is 1. The fraction of sp³-hybridized carbons (Fsp3) is 0.300. The van der Waals surface area contributed by atoms with Crippen molar-refractivity contribution < 1.29 is 8.42 Å². The van der Waals surface area contributed by atoms with Gasteiger partial charge in [-0.15, -0.1) is 10.2 Å². The monoisotopic (exact) mass is 302 g/mol. The van der Waals surface area contributed by atoms with Gasteiger partial charge in [-0.05, 0) is 6.42 Å². The molecule has 0 spiro atoms. The van der Waals surface area contributed by atoms with Crippen LogP contribution >= 0.6 is 10.7 Å². The molecule has 0 amide bonds. The van der Waals surface area contributed by atoms with Crippen LogP contribution in [-0.2, 0) is 15.6 Å². The smallest absolute Gasteiger partial charge is 0.296 e. The first kappa shape index (κ1) is 13.8. The zero-order valence-corrected chi connectivity index (χ0v) is 11.6. The van der Waals surface area contributed by atoms with Gasteiger partial charge >= 0.3 is 0 Å². The van der Waals surface area contributed by atoms with E-state index in [-0.39, 0.29) is 22.0 Å². The molecule has 102 valence electrons. The van der Waals surface area contributed by atoms with Crippen molar-refractivity contribution in [3.63, 3.8) is 0 Å². The number of aromatic nitrogens is 4. The number of nitrogens with zero attached hydrogens (tertiary/aromatic N) is 3. The molecule has 0 radical (unpaired) electrons. The first-order valence-corrected chi connectivity index (χ1v) is 7.81. The Morgan fingerprint density at radius 1 is 1.42 bits per heavy atom. The molecular weight excluding hydrogens is 292 g/mol. The van der Waals surface area contributed by atoms with Gasteiger partial charge in [0.1, 0.15) is 0 Å². The number of hydrogen-bond acceptors (Lipinski definition) is 5. The fourth-order valence-electron chi connectivity index (χ4n) is 1.68. The summed E-state index contributed by atoms with van der Waals surface area (Å²) < 4.78 is 24.2. The van der Waals surface area contributed by atoms with Gasteiger partial charge in [0.05, 0.1) is 5.56 Å². The maximum Gasteiger partial charge on any atom is 0.296 e. The molecule has 0 atom stereocenters. The van der Waals surface area contributed by atoms with Crippen molar-refractivity contribution in [1.82, 2.24) is 19.7 Å². The van der Waals surface area contributed by atoms with Crippen LogP contribution in [0.15, 0.2) is 28.4 Å². The van der Waals surface area contributed by atoms with Crippen molar-refractivity contribution in [2.75, 3.05) is 0 Å². The van der Waals surface area contributed by atoms with Gasteiger partial charge in [0.15, 0.2) is 11.3 Å². The summed E-state index contributed by atoms with van der Waals surface area (Å²) in [6.07, 6.45) is 3.57. The van der Waals surface area contributed by atoms with Gasteiger partial charge in [0, 0.05) is 35.7 Å². The number of aromatic amines is 1. The van der Waals surface area contributed by atoms with Crippen molar-refractivity contribution in [1.29, 1.82) is 0 Å². The predicted molar refractivity (Wildman–Crippen MR) is 69.4 cm³/mol. The quantitative estimate of drug-likeness (QED) is 0.849. The Hall–Kier alpha value is -1.67. The minimum Gasteiger partial charge on any atom is -0.367 e. The second-order valence-electron chi connectivity index (χ2n) is 3.82. The molecule has 0 aromatic carbocycles. The maximum absolute atomic E-state index is 11.8. The molecule has 0 fully saturated rings. The summed E-state index contributed by atoms with van der Waals surface area (Å²) in [6, 6.07) is 1.33. The molecule has 7 nitrogen and oxygen atoms in total. The number of H-pyrrole nitrogens is 1. The Bertz CT molecular complexity index is 750. The molecule has 0 aliphatic heterocycles. The first-order chi connectivity index (χ1) is 8.95. The molecule has 0 bridgehead atoms. The van der Waals surface area contributed by atoms with E-state index in [1.54, 1.807) is 0 Å². The zero-order valence-electron chi connectivity index (χ0n) is 10.00. The number of pyridine rings is 1. The van der Waals surface area contributed by atoms with Crippen LogP contribution in [0.3, 0.4) is 0 Å². The highest BCUT2D eigenvalue weighted by molar-refractivity contribution is 8.13. The lowest BCUT2D eigenvalue weighted by Crippen LogP contribution is -2.11. The molecular formula is C10H11ClN4O3S. The van der Waals surface area contributed by atoms with Gasteiger partial charge in [-0.1, -0.05) is 6.92 Å². The van der Waals surface area contributed by atoms with Crippen LogP contribution in [0.4, 0.5) is 0 Å². The van der Waals surface area contributed by atoms with E-state index in [9.17, 15) is 13.2 Å². The second kappa shape index (κ2) is 5.14. The topological polar surface area (TPSA) is 97.7 Å². The summed E-state index contributed by atoms with van der Waals surface area (Å²) in [5, 5.41) is 6.97. The summed E-state index contributed by atoms with van der Waals surface area (Å²) in [5.41, 5.74) is -0.0305. The van der Waals surface area contributed by atoms with Crippen LogP contribution < -0.4 is 5.43 Å². The molecule has 0 unspecified atom stereocenters. The Balaban J connectivity index is 2.69. The molecule has 19 heavy (non-hydrogen) atoms. The van der Waals surface area contributed by atoms with Crippen LogP contribution in [0.2, 0.25) is 0 Å². The Morgan fingerprint density at radius 2 is 2.16 bits per heavy atom. The van der Waals surface area contributed by atoms with Crippen molar-refractivity contribution in [3.05, 3.63) is 28.7 Å². The lowest BCUT2D eigenvalue weighted by Gasteiger charge is -2.06. The third-order valence-corrected chi connectivity index (χ3v) is 3.60. The minimum atomic E-state index is -4.01. The van der Waals surface area contributed by atoms with Gasteiger partial charge < -0.3 is 4.98 Å². The zero-order chi connectivity index (χ0) is 14.0. The average molecular weight is 303 g/mol. The molecule has 0 aliphatic rings. The molecule has 2 aromatic heterocycles. The molecule has 0 saturated heterocycles. The van der Waals surface area contributed by atoms with Crippen molar-refractivity contribution in [3.8, 4) is 11.4 Å². The van der Waals surface area contributed by atoms with E-state index in [1.807, 2.05) is 6.92 Å². The normalized spacial score (nSPS) is 11.7. The number of rotatable bonds is 4. The molecule has 9 heteroatoms. The molecule has 2 heterocycles. The highest BCUT2D eigenvalue weighted by atomic mass is 35.7. The molecule has 1 N–H and O–H groups in total. The fourth-order valence-corrected chi connectivity index (χ4v) is 2.61. The van der Waals surface area contributed by atoms with Crippen LogP contribution in [-0.4, -0.2) is 28.2 Å². The average Bonchev–Trinajstić information content (AvgIpc) is 2.74. The third kappa shape index (κ3) is 2.69. The summed E-state index contributed by atoms with van der Waals surface area (Å²) >= 11 is 0. The Labute approximate surface area is 113 Å². The summed E-state index contributed by atoms with van der Waals surface area (Å²) in [5.74, 6) is 0.183. The van der Waals surface area contributed by atoms with Crippen LogP contribution in [0.1, 0.15) is 13.3 Å². The number of nitrogens with one attached hydrogen (secondary N) is 1. The Kier molecular flexibility index (Phi) is 3.72. The number of hydrogen-bond donors (Lipinski definition) is 1. The minimum absolute atomic E-state index is 0.183. The van der Waals surface area contributed by atoms with E-state index < -0.39 is 9.05 Å². The highest BCUT2D eigenvalue weighted by Gasteiger charge is 2.23.